The fourth-order valence-electron chi connectivity index (χ4n) is 2.96. The monoisotopic (exact) mass is 596 g/mol. The predicted octanol–water partition coefficient (Wildman–Crippen LogP) is 0.352. The molecule has 0 saturated heterocycles. The zero-order chi connectivity index (χ0) is 29.7. The summed E-state index contributed by atoms with van der Waals surface area (Å²) < 4.78 is 0. The van der Waals surface area contributed by atoms with E-state index >= 15 is 0 Å². The van der Waals surface area contributed by atoms with Crippen molar-refractivity contribution in [3.05, 3.63) is 91.0 Å². The molecule has 40 heavy (non-hydrogen) atoms. The number of amides is 4. The molecule has 0 unspecified atom stereocenters. The van der Waals surface area contributed by atoms with Gasteiger partial charge in [0.2, 0.25) is 11.8 Å². The Morgan fingerprint density at radius 2 is 1.12 bits per heavy atom. The van der Waals surface area contributed by atoms with E-state index < -0.39 is 45.9 Å². The molecule has 214 valence electrons. The van der Waals surface area contributed by atoms with Crippen LogP contribution in [0.5, 0.6) is 0 Å². The number of rotatable bonds is 17. The van der Waals surface area contributed by atoms with E-state index in [-0.39, 0.29) is 35.8 Å². The van der Waals surface area contributed by atoms with Crippen molar-refractivity contribution < 1.29 is 39.0 Å². The van der Waals surface area contributed by atoms with Crippen LogP contribution in [0.3, 0.4) is 0 Å². The first kappa shape index (κ1) is 31.6. The summed E-state index contributed by atoms with van der Waals surface area (Å²) in [6.45, 7) is -0.724. The molecule has 2 aromatic carbocycles. The standard InChI is InChI=1S/C22H24N6O10S2/c23-19(29)17(25-21(31)15-5-1-3-13(7-15)9-37-27(33)34)11-39-40-12-18(20(24)30)26-22(32)16-6-2-4-14(8-16)10-38-28(35)36/h1-8,17-18H,9-12H2,(H2,23,29)(H2,24,30)(H,25,31)(H,26,32)/t17-,18-/m1/s1. The van der Waals surface area contributed by atoms with E-state index in [1.54, 1.807) is 0 Å². The van der Waals surface area contributed by atoms with Gasteiger partial charge in [-0.1, -0.05) is 45.9 Å². The Labute approximate surface area is 234 Å². The van der Waals surface area contributed by atoms with Gasteiger partial charge in [-0.25, -0.2) is 0 Å². The van der Waals surface area contributed by atoms with Gasteiger partial charge in [-0.15, -0.1) is 20.2 Å². The maximum atomic E-state index is 12.6. The fourth-order valence-corrected chi connectivity index (χ4v) is 5.32. The topological polar surface area (TPSA) is 249 Å². The molecule has 2 rings (SSSR count). The van der Waals surface area contributed by atoms with Crippen LogP contribution in [0.25, 0.3) is 0 Å². The average Bonchev–Trinajstić information content (AvgIpc) is 2.91. The molecule has 0 saturated carbocycles. The first-order valence-electron chi connectivity index (χ1n) is 11.1. The number of nitrogens with zero attached hydrogens (tertiary/aromatic N) is 2. The maximum absolute atomic E-state index is 12.6. The summed E-state index contributed by atoms with van der Waals surface area (Å²) in [5.74, 6) is -2.93. The molecule has 6 N–H and O–H groups in total. The highest BCUT2D eigenvalue weighted by Gasteiger charge is 2.22. The van der Waals surface area contributed by atoms with Crippen LogP contribution in [0.2, 0.25) is 0 Å². The molecule has 0 aliphatic rings. The van der Waals surface area contributed by atoms with Gasteiger partial charge in [0.1, 0.15) is 25.3 Å². The lowest BCUT2D eigenvalue weighted by Crippen LogP contribution is -2.46. The lowest BCUT2D eigenvalue weighted by Gasteiger charge is -2.17. The van der Waals surface area contributed by atoms with Gasteiger partial charge in [-0.2, -0.15) is 0 Å². The highest BCUT2D eigenvalue weighted by molar-refractivity contribution is 8.76. The van der Waals surface area contributed by atoms with Gasteiger partial charge in [0.15, 0.2) is 0 Å². The van der Waals surface area contributed by atoms with Crippen LogP contribution < -0.4 is 22.1 Å². The molecule has 16 nitrogen and oxygen atoms in total. The third-order valence-electron chi connectivity index (χ3n) is 4.90. The second kappa shape index (κ2) is 15.7. The third kappa shape index (κ3) is 11.0. The molecule has 0 bridgehead atoms. The van der Waals surface area contributed by atoms with Gasteiger partial charge in [-0.05, 0) is 35.4 Å². The Balaban J connectivity index is 1.90. The zero-order valence-corrected chi connectivity index (χ0v) is 22.2. The number of primary amides is 2. The molecule has 0 heterocycles. The summed E-state index contributed by atoms with van der Waals surface area (Å²) in [5.41, 5.74) is 11.8. The Hall–Kier alpha value is -4.58. The summed E-state index contributed by atoms with van der Waals surface area (Å²) in [7, 11) is 2.18. The molecular formula is C22H24N6O10S2. The van der Waals surface area contributed by atoms with E-state index in [1.165, 1.54) is 48.5 Å². The van der Waals surface area contributed by atoms with Gasteiger partial charge < -0.3 is 31.8 Å². The molecule has 0 radical (unpaired) electrons. The summed E-state index contributed by atoms with van der Waals surface area (Å²) >= 11 is 0. The summed E-state index contributed by atoms with van der Waals surface area (Å²) in [4.78, 5) is 78.2. The summed E-state index contributed by atoms with van der Waals surface area (Å²) in [5, 5.41) is 23.8. The van der Waals surface area contributed by atoms with Crippen molar-refractivity contribution in [2.45, 2.75) is 25.3 Å². The van der Waals surface area contributed by atoms with Crippen LogP contribution in [0.1, 0.15) is 31.8 Å². The number of hydrogen-bond donors (Lipinski definition) is 4. The lowest BCUT2D eigenvalue weighted by atomic mass is 10.1. The van der Waals surface area contributed by atoms with Gasteiger partial charge >= 0.3 is 0 Å². The van der Waals surface area contributed by atoms with Crippen molar-refractivity contribution in [3.8, 4) is 0 Å². The van der Waals surface area contributed by atoms with Crippen molar-refractivity contribution >= 4 is 45.2 Å². The van der Waals surface area contributed by atoms with E-state index in [4.69, 9.17) is 11.5 Å². The number of benzene rings is 2. The van der Waals surface area contributed by atoms with E-state index in [2.05, 4.69) is 20.3 Å². The highest BCUT2D eigenvalue weighted by atomic mass is 33.1. The third-order valence-corrected chi connectivity index (χ3v) is 7.32. The average molecular weight is 597 g/mol. The molecule has 18 heteroatoms. The maximum Gasteiger partial charge on any atom is 0.294 e. The summed E-state index contributed by atoms with van der Waals surface area (Å²) in [6, 6.07) is 9.43. The number of carbonyl (C=O) groups is 4. The van der Waals surface area contributed by atoms with Gasteiger partial charge in [0.05, 0.1) is 0 Å². The van der Waals surface area contributed by atoms with Gasteiger partial charge in [0.25, 0.3) is 22.0 Å². The van der Waals surface area contributed by atoms with Gasteiger partial charge in [0, 0.05) is 22.6 Å². The Kier molecular flexibility index (Phi) is 12.4. The molecule has 2 atom stereocenters. The predicted molar refractivity (Wildman–Crippen MR) is 142 cm³/mol. The van der Waals surface area contributed by atoms with E-state index in [1.807, 2.05) is 0 Å². The van der Waals surface area contributed by atoms with Crippen molar-refractivity contribution in [2.75, 3.05) is 11.5 Å². The second-order valence-electron chi connectivity index (χ2n) is 7.82. The molecule has 0 fully saturated rings. The van der Waals surface area contributed by atoms with Gasteiger partial charge in [-0.3, -0.25) is 19.2 Å². The van der Waals surface area contributed by atoms with Crippen LogP contribution in [-0.4, -0.2) is 57.4 Å². The number of nitrogens with one attached hydrogen (secondary N) is 2. The minimum absolute atomic E-state index is 0.00772. The first-order valence-corrected chi connectivity index (χ1v) is 13.6. The SMILES string of the molecule is NC(=O)[C@@H](CSSC[C@@H](NC(=O)c1cccc(CO[N+](=O)[O-])c1)C(N)=O)NC(=O)c1cccc(CO[N+](=O)[O-])c1. The van der Waals surface area contributed by atoms with Crippen LogP contribution in [0.4, 0.5) is 0 Å². The first-order chi connectivity index (χ1) is 19.0. The van der Waals surface area contributed by atoms with E-state index in [0.717, 1.165) is 21.6 Å². The van der Waals surface area contributed by atoms with Crippen molar-refractivity contribution in [1.82, 2.24) is 10.6 Å². The largest absolute Gasteiger partial charge is 0.368 e. The summed E-state index contributed by atoms with van der Waals surface area (Å²) in [6.07, 6.45) is 0. The molecule has 4 amide bonds. The zero-order valence-electron chi connectivity index (χ0n) is 20.6. The highest BCUT2D eigenvalue weighted by Crippen LogP contribution is 2.23. The van der Waals surface area contributed by atoms with Crippen molar-refractivity contribution in [3.63, 3.8) is 0 Å². The normalized spacial score (nSPS) is 11.9. The Bertz CT molecular complexity index is 1170. The van der Waals surface area contributed by atoms with E-state index in [9.17, 15) is 39.4 Å². The number of nitrogens with two attached hydrogens (primary N) is 2. The Morgan fingerprint density at radius 3 is 1.45 bits per heavy atom. The molecule has 0 aliphatic carbocycles. The van der Waals surface area contributed by atoms with E-state index in [0.29, 0.717) is 11.1 Å². The van der Waals surface area contributed by atoms with Crippen LogP contribution in [0, 0.1) is 20.2 Å². The molecule has 0 spiro atoms. The Morgan fingerprint density at radius 1 is 0.750 bits per heavy atom. The van der Waals surface area contributed by atoms with Crippen molar-refractivity contribution in [2.24, 2.45) is 11.5 Å². The molecular weight excluding hydrogens is 572 g/mol. The quantitative estimate of drug-likeness (QED) is 0.0836. The molecule has 0 aromatic heterocycles. The minimum Gasteiger partial charge on any atom is -0.368 e. The molecule has 0 aliphatic heterocycles. The smallest absolute Gasteiger partial charge is 0.294 e. The minimum atomic E-state index is -1.10. The second-order valence-corrected chi connectivity index (χ2v) is 10.4. The van der Waals surface area contributed by atoms with Crippen molar-refractivity contribution in [1.29, 1.82) is 0 Å². The lowest BCUT2D eigenvalue weighted by molar-refractivity contribution is -0.763. The number of carbonyl (C=O) groups excluding carboxylic acids is 4. The van der Waals surface area contributed by atoms with Crippen LogP contribution >= 0.6 is 21.6 Å². The molecule has 2 aromatic rings. The number of hydrogen-bond acceptors (Lipinski definition) is 12. The van der Waals surface area contributed by atoms with Crippen LogP contribution in [0.15, 0.2) is 48.5 Å². The fraction of sp³-hybridized carbons (Fsp3) is 0.273. The van der Waals surface area contributed by atoms with Crippen LogP contribution in [-0.2, 0) is 32.5 Å².